The molecule has 3 aromatic heterocycles. The first-order chi connectivity index (χ1) is 14.6. The van der Waals surface area contributed by atoms with Crippen molar-refractivity contribution in [1.29, 1.82) is 0 Å². The zero-order valence-corrected chi connectivity index (χ0v) is 18.1. The lowest BCUT2D eigenvalue weighted by atomic mass is 10.0. The molecule has 6 heteroatoms. The van der Waals surface area contributed by atoms with Gasteiger partial charge in [-0.25, -0.2) is 5.43 Å². The smallest absolute Gasteiger partial charge is 0.0731 e. The molecule has 0 radical (unpaired) electrons. The third-order valence-corrected chi connectivity index (χ3v) is 6.13. The number of nitrogens with one attached hydrogen (secondary N) is 1. The van der Waals surface area contributed by atoms with Crippen LogP contribution < -0.4 is 5.43 Å². The predicted molar refractivity (Wildman–Crippen MR) is 122 cm³/mol. The Morgan fingerprint density at radius 1 is 1.03 bits per heavy atom. The van der Waals surface area contributed by atoms with Gasteiger partial charge in [-0.3, -0.25) is 9.97 Å². The minimum absolute atomic E-state index is 0.0473. The van der Waals surface area contributed by atoms with Crippen LogP contribution in [-0.4, -0.2) is 19.5 Å². The zero-order chi connectivity index (χ0) is 20.8. The van der Waals surface area contributed by atoms with Crippen molar-refractivity contribution in [3.63, 3.8) is 0 Å². The molecule has 0 amide bonds. The molecule has 30 heavy (non-hydrogen) atoms. The van der Waals surface area contributed by atoms with E-state index in [1.807, 2.05) is 25.4 Å². The minimum atomic E-state index is 0.0473. The molecule has 4 aromatic rings. The first-order valence-electron chi connectivity index (χ1n) is 10.3. The Kier molecular flexibility index (Phi) is 4.72. The van der Waals surface area contributed by atoms with Crippen LogP contribution >= 0.6 is 11.6 Å². The average molecular weight is 418 g/mol. The van der Waals surface area contributed by atoms with Crippen molar-refractivity contribution in [3.8, 4) is 0 Å². The molecule has 1 unspecified atom stereocenters. The van der Waals surface area contributed by atoms with E-state index in [-0.39, 0.29) is 6.04 Å². The molecule has 1 aromatic carbocycles. The number of aromatic nitrogens is 3. The van der Waals surface area contributed by atoms with Crippen LogP contribution in [0.25, 0.3) is 21.8 Å². The standard InChI is InChI=1S/C24H24ClN5/c1-4-30-23-16(3)27-10-7-19(23)20-12-18(25)13-21(24(20)30)22-8-11-29(28-22)14-17-6-5-9-26-15(17)2/h5-13,22,28H,4,14H2,1-3H3. The van der Waals surface area contributed by atoms with E-state index in [2.05, 4.69) is 75.4 Å². The van der Waals surface area contributed by atoms with Gasteiger partial charge in [0.1, 0.15) is 0 Å². The molecule has 1 N–H and O–H groups in total. The van der Waals surface area contributed by atoms with E-state index >= 15 is 0 Å². The lowest BCUT2D eigenvalue weighted by Gasteiger charge is -2.22. The van der Waals surface area contributed by atoms with E-state index < -0.39 is 0 Å². The van der Waals surface area contributed by atoms with Gasteiger partial charge < -0.3 is 9.58 Å². The van der Waals surface area contributed by atoms with Gasteiger partial charge in [-0.05, 0) is 56.7 Å². The topological polar surface area (TPSA) is 46.0 Å². The van der Waals surface area contributed by atoms with Crippen LogP contribution in [0.2, 0.25) is 5.02 Å². The van der Waals surface area contributed by atoms with Gasteiger partial charge in [-0.15, -0.1) is 0 Å². The number of aryl methyl sites for hydroxylation is 3. The Morgan fingerprint density at radius 2 is 1.87 bits per heavy atom. The highest BCUT2D eigenvalue weighted by Gasteiger charge is 2.24. The number of hydrogen-bond acceptors (Lipinski definition) is 4. The number of fused-ring (bicyclic) bond motifs is 3. The minimum Gasteiger partial charge on any atom is -0.339 e. The summed E-state index contributed by atoms with van der Waals surface area (Å²) >= 11 is 6.58. The fraction of sp³-hybridized carbons (Fsp3) is 0.250. The first kappa shape index (κ1) is 19.1. The lowest BCUT2D eigenvalue weighted by Crippen LogP contribution is -2.31. The highest BCUT2D eigenvalue weighted by atomic mass is 35.5. The van der Waals surface area contributed by atoms with Crippen molar-refractivity contribution < 1.29 is 0 Å². The van der Waals surface area contributed by atoms with Crippen molar-refractivity contribution in [3.05, 3.63) is 82.5 Å². The van der Waals surface area contributed by atoms with Gasteiger partial charge in [-0.2, -0.15) is 0 Å². The molecule has 1 aliphatic rings. The third kappa shape index (κ3) is 3.06. The Labute approximate surface area is 181 Å². The summed E-state index contributed by atoms with van der Waals surface area (Å²) in [6.07, 6.45) is 8.01. The molecule has 152 valence electrons. The number of nitrogens with zero attached hydrogens (tertiary/aromatic N) is 4. The Morgan fingerprint density at radius 3 is 2.67 bits per heavy atom. The second kappa shape index (κ2) is 7.42. The van der Waals surface area contributed by atoms with E-state index in [9.17, 15) is 0 Å². The number of halogens is 1. The molecular formula is C24H24ClN5. The summed E-state index contributed by atoms with van der Waals surface area (Å²) in [5.41, 5.74) is 10.5. The van der Waals surface area contributed by atoms with Crippen molar-refractivity contribution in [2.45, 2.75) is 39.9 Å². The van der Waals surface area contributed by atoms with Crippen molar-refractivity contribution in [2.75, 3.05) is 0 Å². The van der Waals surface area contributed by atoms with Crippen LogP contribution in [0.4, 0.5) is 0 Å². The fourth-order valence-corrected chi connectivity index (χ4v) is 4.73. The Bertz CT molecular complexity index is 1290. The number of hydrazine groups is 1. The van der Waals surface area contributed by atoms with Gasteiger partial charge in [0.2, 0.25) is 0 Å². The summed E-state index contributed by atoms with van der Waals surface area (Å²) in [7, 11) is 0. The van der Waals surface area contributed by atoms with E-state index in [0.29, 0.717) is 0 Å². The number of rotatable bonds is 4. The molecule has 5 nitrogen and oxygen atoms in total. The van der Waals surface area contributed by atoms with Gasteiger partial charge in [0.25, 0.3) is 0 Å². The van der Waals surface area contributed by atoms with Gasteiger partial charge in [0.05, 0.1) is 29.3 Å². The normalized spacial score (nSPS) is 16.3. The number of pyridine rings is 2. The van der Waals surface area contributed by atoms with Gasteiger partial charge >= 0.3 is 0 Å². The molecule has 0 bridgehead atoms. The van der Waals surface area contributed by atoms with E-state index in [1.165, 1.54) is 32.9 Å². The van der Waals surface area contributed by atoms with Gasteiger partial charge in [0.15, 0.2) is 0 Å². The maximum absolute atomic E-state index is 6.58. The van der Waals surface area contributed by atoms with Crippen LogP contribution in [0.3, 0.4) is 0 Å². The summed E-state index contributed by atoms with van der Waals surface area (Å²) in [6, 6.07) is 10.4. The lowest BCUT2D eigenvalue weighted by molar-refractivity contribution is 0.267. The maximum atomic E-state index is 6.58. The van der Waals surface area contributed by atoms with Gasteiger partial charge in [0, 0.05) is 52.2 Å². The van der Waals surface area contributed by atoms with Gasteiger partial charge in [-0.1, -0.05) is 17.7 Å². The second-order valence-electron chi connectivity index (χ2n) is 7.75. The van der Waals surface area contributed by atoms with Crippen molar-refractivity contribution in [1.82, 2.24) is 25.0 Å². The Hall–Kier alpha value is -2.89. The number of benzene rings is 1. The van der Waals surface area contributed by atoms with Crippen LogP contribution in [0.15, 0.2) is 55.0 Å². The summed E-state index contributed by atoms with van der Waals surface area (Å²) < 4.78 is 2.36. The molecule has 4 heterocycles. The molecule has 0 aliphatic carbocycles. The highest BCUT2D eigenvalue weighted by Crippen LogP contribution is 2.38. The largest absolute Gasteiger partial charge is 0.339 e. The predicted octanol–water partition coefficient (Wildman–Crippen LogP) is 5.45. The van der Waals surface area contributed by atoms with E-state index in [0.717, 1.165) is 29.5 Å². The molecule has 1 atom stereocenters. The first-order valence-corrected chi connectivity index (χ1v) is 10.6. The van der Waals surface area contributed by atoms with Crippen LogP contribution in [-0.2, 0) is 13.1 Å². The summed E-state index contributed by atoms with van der Waals surface area (Å²) in [6.45, 7) is 7.93. The second-order valence-corrected chi connectivity index (χ2v) is 8.19. The Balaban J connectivity index is 1.58. The molecule has 0 spiro atoms. The van der Waals surface area contributed by atoms with Crippen LogP contribution in [0.1, 0.15) is 35.5 Å². The molecule has 5 rings (SSSR count). The van der Waals surface area contributed by atoms with E-state index in [4.69, 9.17) is 11.6 Å². The average Bonchev–Trinajstić information content (AvgIpc) is 3.32. The molecule has 0 fully saturated rings. The van der Waals surface area contributed by atoms with Crippen molar-refractivity contribution >= 4 is 33.4 Å². The number of hydrogen-bond donors (Lipinski definition) is 1. The summed E-state index contributed by atoms with van der Waals surface area (Å²) in [5, 5.41) is 5.25. The quantitative estimate of drug-likeness (QED) is 0.479. The zero-order valence-electron chi connectivity index (χ0n) is 17.4. The SMILES string of the molecule is CCn1c2c(C3C=CN(Cc4cccnc4C)N3)cc(Cl)cc2c2ccnc(C)c21. The molecule has 0 saturated carbocycles. The molecule has 1 aliphatic heterocycles. The maximum Gasteiger partial charge on any atom is 0.0731 e. The van der Waals surface area contributed by atoms with Crippen LogP contribution in [0.5, 0.6) is 0 Å². The monoisotopic (exact) mass is 417 g/mol. The fourth-order valence-electron chi connectivity index (χ4n) is 4.50. The third-order valence-electron chi connectivity index (χ3n) is 5.91. The van der Waals surface area contributed by atoms with Crippen LogP contribution in [0, 0.1) is 13.8 Å². The summed E-state index contributed by atoms with van der Waals surface area (Å²) in [4.78, 5) is 8.93. The van der Waals surface area contributed by atoms with E-state index in [1.54, 1.807) is 0 Å². The highest BCUT2D eigenvalue weighted by molar-refractivity contribution is 6.32. The summed E-state index contributed by atoms with van der Waals surface area (Å²) in [5.74, 6) is 0. The molecule has 0 saturated heterocycles. The molecular weight excluding hydrogens is 394 g/mol. The van der Waals surface area contributed by atoms with Crippen molar-refractivity contribution in [2.24, 2.45) is 0 Å².